The molecule has 0 aliphatic heterocycles. The number of carboxylic acids is 2. The maximum Gasteiger partial charge on any atom is 0.180 e. The fraction of sp³-hybridized carbons (Fsp3) is 0.105. The highest BCUT2D eigenvalue weighted by Crippen LogP contribution is 2.23. The molecule has 132 valence electrons. The minimum absolute atomic E-state index is 0.0332. The summed E-state index contributed by atoms with van der Waals surface area (Å²) >= 11 is 0. The number of anilines is 2. The number of benzene rings is 2. The maximum absolute atomic E-state index is 12.2. The Morgan fingerprint density at radius 3 is 1.85 bits per heavy atom. The van der Waals surface area contributed by atoms with E-state index in [1.54, 1.807) is 36.4 Å². The minimum atomic E-state index is -1.36. The molecule has 0 spiro atoms. The van der Waals surface area contributed by atoms with Crippen molar-refractivity contribution >= 4 is 29.1 Å². The molecule has 0 unspecified atom stereocenters. The van der Waals surface area contributed by atoms with Crippen LogP contribution in [0.15, 0.2) is 60.7 Å². The van der Waals surface area contributed by atoms with Crippen LogP contribution in [-0.2, 0) is 4.79 Å². The van der Waals surface area contributed by atoms with Crippen LogP contribution in [0.3, 0.4) is 0 Å². The first-order valence-electron chi connectivity index (χ1n) is 7.83. The first kappa shape index (κ1) is 17.2. The van der Waals surface area contributed by atoms with Gasteiger partial charge in [-0.15, -0.1) is 0 Å². The van der Waals surface area contributed by atoms with Gasteiger partial charge in [0.15, 0.2) is 5.78 Å². The Kier molecular flexibility index (Phi) is 4.70. The van der Waals surface area contributed by atoms with E-state index in [9.17, 15) is 24.6 Å². The van der Waals surface area contributed by atoms with Crippen LogP contribution in [0.2, 0.25) is 0 Å². The Labute approximate surface area is 149 Å². The van der Waals surface area contributed by atoms with Gasteiger partial charge in [0.25, 0.3) is 0 Å². The summed E-state index contributed by atoms with van der Waals surface area (Å²) in [6.45, 7) is 0. The predicted octanol–water partition coefficient (Wildman–Crippen LogP) is -0.186. The Morgan fingerprint density at radius 2 is 1.31 bits per heavy atom. The van der Waals surface area contributed by atoms with Crippen molar-refractivity contribution in [1.29, 1.82) is 0 Å². The van der Waals surface area contributed by atoms with Crippen LogP contribution in [0.25, 0.3) is 0 Å². The molecule has 3 rings (SSSR count). The number of hydrogen-bond acceptors (Lipinski definition) is 7. The van der Waals surface area contributed by atoms with Crippen molar-refractivity contribution in [2.75, 3.05) is 10.6 Å². The molecular weight excluding hydrogens is 336 g/mol. The summed E-state index contributed by atoms with van der Waals surface area (Å²) in [5.41, 5.74) is 0.446. The van der Waals surface area contributed by atoms with Crippen molar-refractivity contribution in [2.24, 2.45) is 0 Å². The van der Waals surface area contributed by atoms with Crippen molar-refractivity contribution in [2.45, 2.75) is 12.1 Å². The lowest BCUT2D eigenvalue weighted by molar-refractivity contribution is -0.256. The standard InChI is InChI=1S/C19H16N2O5/c22-16-10-9-15(20-13-7-3-1-5-11(13)18(23)24)17(16)21-14-8-4-2-6-12(14)19(25)26/h1-10,15,17,20-21H,(H,23,24)(H,25,26)/p-2/t15-,17-/m1/s1. The monoisotopic (exact) mass is 350 g/mol. The molecule has 2 N–H and O–H groups in total. The van der Waals surface area contributed by atoms with E-state index in [1.807, 2.05) is 0 Å². The highest BCUT2D eigenvalue weighted by atomic mass is 16.4. The molecule has 0 saturated carbocycles. The predicted molar refractivity (Wildman–Crippen MR) is 90.5 cm³/mol. The normalized spacial score (nSPS) is 18.5. The Balaban J connectivity index is 1.86. The van der Waals surface area contributed by atoms with E-state index < -0.39 is 24.0 Å². The lowest BCUT2D eigenvalue weighted by Gasteiger charge is -2.25. The van der Waals surface area contributed by atoms with Gasteiger partial charge in [-0.25, -0.2) is 0 Å². The summed E-state index contributed by atoms with van der Waals surface area (Å²) in [7, 11) is 0. The summed E-state index contributed by atoms with van der Waals surface area (Å²) in [4.78, 5) is 34.7. The fourth-order valence-electron chi connectivity index (χ4n) is 2.80. The molecule has 0 amide bonds. The zero-order valence-electron chi connectivity index (χ0n) is 13.5. The minimum Gasteiger partial charge on any atom is -0.545 e. The quantitative estimate of drug-likeness (QED) is 0.741. The number of aromatic carboxylic acids is 2. The molecule has 0 saturated heterocycles. The smallest absolute Gasteiger partial charge is 0.180 e. The number of para-hydroxylation sites is 2. The zero-order valence-corrected chi connectivity index (χ0v) is 13.5. The molecule has 0 fully saturated rings. The van der Waals surface area contributed by atoms with Gasteiger partial charge in [-0.3, -0.25) is 4.79 Å². The van der Waals surface area contributed by atoms with Crippen molar-refractivity contribution in [3.05, 3.63) is 71.8 Å². The van der Waals surface area contributed by atoms with E-state index in [4.69, 9.17) is 0 Å². The molecular formula is C19H14N2O5-2. The SMILES string of the molecule is O=C([O-])c1ccccc1N[C@@H]1C=CC(=O)[C@@H]1Nc1ccccc1C(=O)[O-]. The fourth-order valence-corrected chi connectivity index (χ4v) is 2.80. The number of carboxylic acid groups (broad SMARTS) is 2. The molecule has 2 atom stereocenters. The van der Waals surface area contributed by atoms with Gasteiger partial charge in [-0.05, 0) is 18.2 Å². The number of rotatable bonds is 6. The van der Waals surface area contributed by atoms with E-state index in [2.05, 4.69) is 10.6 Å². The van der Waals surface area contributed by atoms with Gasteiger partial charge in [0.2, 0.25) is 0 Å². The summed E-state index contributed by atoms with van der Waals surface area (Å²) in [5, 5.41) is 28.3. The lowest BCUT2D eigenvalue weighted by Crippen LogP contribution is -2.40. The van der Waals surface area contributed by atoms with Crippen LogP contribution >= 0.6 is 0 Å². The number of carbonyl (C=O) groups is 3. The van der Waals surface area contributed by atoms with E-state index in [1.165, 1.54) is 24.3 Å². The van der Waals surface area contributed by atoms with Crippen molar-refractivity contribution in [1.82, 2.24) is 0 Å². The second kappa shape index (κ2) is 7.10. The number of hydrogen-bond donors (Lipinski definition) is 2. The molecule has 2 aromatic carbocycles. The molecule has 1 aliphatic rings. The molecule has 1 aliphatic carbocycles. The topological polar surface area (TPSA) is 121 Å². The van der Waals surface area contributed by atoms with Gasteiger partial charge in [0.05, 0.1) is 18.0 Å². The highest BCUT2D eigenvalue weighted by Gasteiger charge is 2.31. The summed E-state index contributed by atoms with van der Waals surface area (Å²) in [6, 6.07) is 10.9. The Bertz CT molecular complexity index is 906. The molecule has 0 heterocycles. The van der Waals surface area contributed by atoms with Crippen LogP contribution in [0.1, 0.15) is 20.7 Å². The summed E-state index contributed by atoms with van der Waals surface area (Å²) in [5.74, 6) is -2.96. The number of carbonyl (C=O) groups excluding carboxylic acids is 3. The van der Waals surface area contributed by atoms with E-state index >= 15 is 0 Å². The van der Waals surface area contributed by atoms with E-state index in [-0.39, 0.29) is 22.6 Å². The van der Waals surface area contributed by atoms with Gasteiger partial charge in [-0.1, -0.05) is 42.5 Å². The second-order valence-corrected chi connectivity index (χ2v) is 5.72. The Morgan fingerprint density at radius 1 is 0.808 bits per heavy atom. The lowest BCUT2D eigenvalue weighted by atomic mass is 10.1. The van der Waals surface area contributed by atoms with Crippen molar-refractivity contribution < 1.29 is 24.6 Å². The van der Waals surface area contributed by atoms with Crippen molar-refractivity contribution in [3.8, 4) is 0 Å². The van der Waals surface area contributed by atoms with Gasteiger partial charge in [0.1, 0.15) is 6.04 Å². The third kappa shape index (κ3) is 3.41. The molecule has 0 aromatic heterocycles. The van der Waals surface area contributed by atoms with E-state index in [0.29, 0.717) is 5.69 Å². The third-order valence-electron chi connectivity index (χ3n) is 4.06. The molecule has 0 radical (unpaired) electrons. The number of ketones is 1. The largest absolute Gasteiger partial charge is 0.545 e. The summed E-state index contributed by atoms with van der Waals surface area (Å²) < 4.78 is 0. The first-order chi connectivity index (χ1) is 12.5. The average molecular weight is 350 g/mol. The van der Waals surface area contributed by atoms with E-state index in [0.717, 1.165) is 0 Å². The van der Waals surface area contributed by atoms with Gasteiger partial charge in [-0.2, -0.15) is 0 Å². The van der Waals surface area contributed by atoms with Gasteiger partial charge >= 0.3 is 0 Å². The van der Waals surface area contributed by atoms with Gasteiger partial charge < -0.3 is 30.4 Å². The first-order valence-corrected chi connectivity index (χ1v) is 7.83. The van der Waals surface area contributed by atoms with Crippen molar-refractivity contribution in [3.63, 3.8) is 0 Å². The molecule has 7 heteroatoms. The third-order valence-corrected chi connectivity index (χ3v) is 4.06. The van der Waals surface area contributed by atoms with Gasteiger partial charge in [0, 0.05) is 22.5 Å². The van der Waals surface area contributed by atoms with Crippen LogP contribution in [0, 0.1) is 0 Å². The molecule has 0 bridgehead atoms. The summed E-state index contributed by atoms with van der Waals surface area (Å²) in [6.07, 6.45) is 2.95. The molecule has 26 heavy (non-hydrogen) atoms. The molecule has 2 aromatic rings. The van der Waals surface area contributed by atoms with Crippen LogP contribution in [0.5, 0.6) is 0 Å². The van der Waals surface area contributed by atoms with Crippen LogP contribution in [-0.4, -0.2) is 29.8 Å². The Hall–Kier alpha value is -3.61. The second-order valence-electron chi connectivity index (χ2n) is 5.72. The van der Waals surface area contributed by atoms with Crippen LogP contribution < -0.4 is 20.8 Å². The number of nitrogens with one attached hydrogen (secondary N) is 2. The highest BCUT2D eigenvalue weighted by molar-refractivity contribution is 6.02. The average Bonchev–Trinajstić information content (AvgIpc) is 2.95. The maximum atomic E-state index is 12.2. The van der Waals surface area contributed by atoms with Crippen LogP contribution in [0.4, 0.5) is 11.4 Å². The molecule has 7 nitrogen and oxygen atoms in total. The zero-order chi connectivity index (χ0) is 18.7.